The standard InChI is InChI=1S/C16H31N3O/c1-14-8-11-19(12-9-14)16(17-2)18-10-5-13-20-15-6-3-4-7-15/h14-15H,3-13H2,1-2H3,(H,17,18). The molecule has 1 aliphatic heterocycles. The summed E-state index contributed by atoms with van der Waals surface area (Å²) < 4.78 is 5.88. The van der Waals surface area contributed by atoms with Crippen LogP contribution in [0.5, 0.6) is 0 Å². The molecule has 1 heterocycles. The third-order valence-corrected chi connectivity index (χ3v) is 4.55. The topological polar surface area (TPSA) is 36.9 Å². The number of hydrogen-bond acceptors (Lipinski definition) is 2. The summed E-state index contributed by atoms with van der Waals surface area (Å²) in [5.41, 5.74) is 0. The lowest BCUT2D eigenvalue weighted by molar-refractivity contribution is 0.0573. The maximum absolute atomic E-state index is 5.88. The highest BCUT2D eigenvalue weighted by atomic mass is 16.5. The molecule has 0 radical (unpaired) electrons. The lowest BCUT2D eigenvalue weighted by atomic mass is 10.00. The monoisotopic (exact) mass is 281 g/mol. The van der Waals surface area contributed by atoms with Gasteiger partial charge in [-0.05, 0) is 38.0 Å². The van der Waals surface area contributed by atoms with Crippen molar-refractivity contribution in [3.8, 4) is 0 Å². The Morgan fingerprint density at radius 3 is 2.55 bits per heavy atom. The number of aliphatic imine (C=N–C) groups is 1. The van der Waals surface area contributed by atoms with Crippen molar-refractivity contribution in [1.29, 1.82) is 0 Å². The highest BCUT2D eigenvalue weighted by Gasteiger charge is 2.18. The number of hydrogen-bond donors (Lipinski definition) is 1. The van der Waals surface area contributed by atoms with Crippen LogP contribution in [0.15, 0.2) is 4.99 Å². The minimum atomic E-state index is 0.540. The van der Waals surface area contributed by atoms with Crippen molar-refractivity contribution < 1.29 is 4.74 Å². The zero-order valence-electron chi connectivity index (χ0n) is 13.2. The number of guanidine groups is 1. The first-order chi connectivity index (χ1) is 9.79. The van der Waals surface area contributed by atoms with Crippen LogP contribution in [-0.4, -0.2) is 50.3 Å². The van der Waals surface area contributed by atoms with Gasteiger partial charge in [-0.15, -0.1) is 0 Å². The summed E-state index contributed by atoms with van der Waals surface area (Å²) in [4.78, 5) is 6.79. The molecule has 2 fully saturated rings. The van der Waals surface area contributed by atoms with Gasteiger partial charge < -0.3 is 15.0 Å². The van der Waals surface area contributed by atoms with E-state index < -0.39 is 0 Å². The molecule has 1 saturated heterocycles. The van der Waals surface area contributed by atoms with E-state index in [4.69, 9.17) is 4.74 Å². The fraction of sp³-hybridized carbons (Fsp3) is 0.938. The van der Waals surface area contributed by atoms with Crippen LogP contribution >= 0.6 is 0 Å². The number of likely N-dealkylation sites (tertiary alicyclic amines) is 1. The Morgan fingerprint density at radius 1 is 1.20 bits per heavy atom. The van der Waals surface area contributed by atoms with Gasteiger partial charge in [0.1, 0.15) is 0 Å². The molecule has 4 heteroatoms. The molecule has 0 amide bonds. The minimum absolute atomic E-state index is 0.540. The maximum Gasteiger partial charge on any atom is 0.193 e. The van der Waals surface area contributed by atoms with Gasteiger partial charge in [-0.25, -0.2) is 0 Å². The third-order valence-electron chi connectivity index (χ3n) is 4.55. The first-order valence-corrected chi connectivity index (χ1v) is 8.37. The molecule has 0 aromatic heterocycles. The van der Waals surface area contributed by atoms with Gasteiger partial charge >= 0.3 is 0 Å². The summed E-state index contributed by atoms with van der Waals surface area (Å²) in [7, 11) is 1.88. The number of nitrogens with zero attached hydrogens (tertiary/aromatic N) is 2. The van der Waals surface area contributed by atoms with Gasteiger partial charge in [-0.3, -0.25) is 4.99 Å². The highest BCUT2D eigenvalue weighted by Crippen LogP contribution is 2.20. The van der Waals surface area contributed by atoms with E-state index in [1.54, 1.807) is 0 Å². The smallest absolute Gasteiger partial charge is 0.193 e. The predicted octanol–water partition coefficient (Wildman–Crippen LogP) is 2.64. The average Bonchev–Trinajstić information content (AvgIpc) is 2.97. The van der Waals surface area contributed by atoms with Crippen molar-refractivity contribution in [2.24, 2.45) is 10.9 Å². The maximum atomic E-state index is 5.88. The van der Waals surface area contributed by atoms with E-state index in [2.05, 4.69) is 22.1 Å². The van der Waals surface area contributed by atoms with Gasteiger partial charge in [-0.2, -0.15) is 0 Å². The Labute approximate surface area is 124 Å². The number of rotatable bonds is 5. The van der Waals surface area contributed by atoms with E-state index in [1.807, 2.05) is 7.05 Å². The van der Waals surface area contributed by atoms with Crippen LogP contribution in [0.4, 0.5) is 0 Å². The largest absolute Gasteiger partial charge is 0.378 e. The Hall–Kier alpha value is -0.770. The van der Waals surface area contributed by atoms with E-state index in [1.165, 1.54) is 38.5 Å². The lowest BCUT2D eigenvalue weighted by Gasteiger charge is -2.32. The Balaban J connectivity index is 1.56. The zero-order valence-corrected chi connectivity index (χ0v) is 13.2. The molecule has 1 N–H and O–H groups in total. The van der Waals surface area contributed by atoms with Gasteiger partial charge in [0.2, 0.25) is 0 Å². The Bertz CT molecular complexity index is 292. The fourth-order valence-corrected chi connectivity index (χ4v) is 3.13. The first kappa shape index (κ1) is 15.6. The van der Waals surface area contributed by atoms with E-state index >= 15 is 0 Å². The molecule has 0 aromatic carbocycles. The van der Waals surface area contributed by atoms with Gasteiger partial charge in [-0.1, -0.05) is 19.8 Å². The molecule has 0 spiro atoms. The van der Waals surface area contributed by atoms with Crippen LogP contribution in [0.1, 0.15) is 51.9 Å². The van der Waals surface area contributed by atoms with Crippen molar-refractivity contribution in [2.45, 2.75) is 58.0 Å². The molecule has 1 saturated carbocycles. The van der Waals surface area contributed by atoms with Crippen molar-refractivity contribution in [1.82, 2.24) is 10.2 Å². The van der Waals surface area contributed by atoms with E-state index in [-0.39, 0.29) is 0 Å². The van der Waals surface area contributed by atoms with E-state index in [9.17, 15) is 0 Å². The summed E-state index contributed by atoms with van der Waals surface area (Å²) in [5, 5.41) is 3.48. The lowest BCUT2D eigenvalue weighted by Crippen LogP contribution is -2.45. The average molecular weight is 281 g/mol. The van der Waals surface area contributed by atoms with E-state index in [0.29, 0.717) is 6.10 Å². The molecule has 1 aliphatic carbocycles. The minimum Gasteiger partial charge on any atom is -0.378 e. The number of piperidine rings is 1. The van der Waals surface area contributed by atoms with Crippen LogP contribution < -0.4 is 5.32 Å². The van der Waals surface area contributed by atoms with Crippen molar-refractivity contribution in [3.05, 3.63) is 0 Å². The Kier molecular flexibility index (Phi) is 6.64. The normalized spacial score (nSPS) is 22.5. The van der Waals surface area contributed by atoms with Gasteiger partial charge in [0.15, 0.2) is 5.96 Å². The third kappa shape index (κ3) is 4.97. The van der Waals surface area contributed by atoms with Crippen LogP contribution in [0, 0.1) is 5.92 Å². The van der Waals surface area contributed by atoms with Gasteiger partial charge in [0, 0.05) is 33.3 Å². The summed E-state index contributed by atoms with van der Waals surface area (Å²) in [6, 6.07) is 0. The van der Waals surface area contributed by atoms with Crippen LogP contribution in [0.2, 0.25) is 0 Å². The summed E-state index contributed by atoms with van der Waals surface area (Å²) in [5.74, 6) is 1.93. The zero-order chi connectivity index (χ0) is 14.2. The molecule has 20 heavy (non-hydrogen) atoms. The van der Waals surface area contributed by atoms with Crippen molar-refractivity contribution in [2.75, 3.05) is 33.3 Å². The molecule has 0 unspecified atom stereocenters. The van der Waals surface area contributed by atoms with Gasteiger partial charge in [0.25, 0.3) is 0 Å². The SMILES string of the molecule is CN=C(NCCCOC1CCCC1)N1CCC(C)CC1. The Morgan fingerprint density at radius 2 is 1.90 bits per heavy atom. The van der Waals surface area contributed by atoms with Crippen molar-refractivity contribution >= 4 is 5.96 Å². The molecule has 116 valence electrons. The van der Waals surface area contributed by atoms with Crippen molar-refractivity contribution in [3.63, 3.8) is 0 Å². The van der Waals surface area contributed by atoms with Crippen LogP contribution in [0.25, 0.3) is 0 Å². The number of ether oxygens (including phenoxy) is 1. The van der Waals surface area contributed by atoms with Crippen LogP contribution in [-0.2, 0) is 4.74 Å². The summed E-state index contributed by atoms with van der Waals surface area (Å²) in [6.07, 6.45) is 9.41. The molecule has 0 atom stereocenters. The molecule has 2 aliphatic rings. The summed E-state index contributed by atoms with van der Waals surface area (Å²) in [6.45, 7) is 6.46. The second-order valence-corrected chi connectivity index (χ2v) is 6.27. The summed E-state index contributed by atoms with van der Waals surface area (Å²) >= 11 is 0. The highest BCUT2D eigenvalue weighted by molar-refractivity contribution is 5.79. The first-order valence-electron chi connectivity index (χ1n) is 8.37. The molecular formula is C16H31N3O. The predicted molar refractivity (Wildman–Crippen MR) is 84.2 cm³/mol. The van der Waals surface area contributed by atoms with Gasteiger partial charge in [0.05, 0.1) is 6.10 Å². The van der Waals surface area contributed by atoms with E-state index in [0.717, 1.165) is 44.5 Å². The molecule has 4 nitrogen and oxygen atoms in total. The number of nitrogens with one attached hydrogen (secondary N) is 1. The van der Waals surface area contributed by atoms with Crippen LogP contribution in [0.3, 0.4) is 0 Å². The molecule has 0 aromatic rings. The second kappa shape index (κ2) is 8.50. The quantitative estimate of drug-likeness (QED) is 0.478. The molecule has 0 bridgehead atoms. The molecular weight excluding hydrogens is 250 g/mol. The molecule has 2 rings (SSSR count). The second-order valence-electron chi connectivity index (χ2n) is 6.27. The fourth-order valence-electron chi connectivity index (χ4n) is 3.13.